The molecule has 1 N–H and O–H groups in total. The Labute approximate surface area is 76.4 Å². The van der Waals surface area contributed by atoms with Crippen LogP contribution in [-0.4, -0.2) is 42.9 Å². The van der Waals surface area contributed by atoms with Gasteiger partial charge in [0.1, 0.15) is 0 Å². The summed E-state index contributed by atoms with van der Waals surface area (Å²) in [4.78, 5) is 10.7. The highest BCUT2D eigenvalue weighted by Gasteiger charge is 2.33. The van der Waals surface area contributed by atoms with Gasteiger partial charge in [-0.1, -0.05) is 0 Å². The molecule has 0 radical (unpaired) electrons. The Balaban J connectivity index is 4.08. The first kappa shape index (κ1) is 11.7. The van der Waals surface area contributed by atoms with Gasteiger partial charge in [0.05, 0.1) is 13.2 Å². The van der Waals surface area contributed by atoms with Crippen LogP contribution in [0.25, 0.3) is 0 Å². The highest BCUT2D eigenvalue weighted by Crippen LogP contribution is 2.10. The number of carboxylic acid groups (broad SMARTS) is 1. The predicted octanol–water partition coefficient (Wildman–Crippen LogP) is 0.732. The fourth-order valence-corrected chi connectivity index (χ4v) is 0.782. The minimum absolute atomic E-state index is 0.0131. The maximum Gasteiger partial charge on any atom is 0.338 e. The Morgan fingerprint density at radius 3 is 2.58 bits per heavy atom. The van der Waals surface area contributed by atoms with Gasteiger partial charge in [-0.15, -0.1) is 11.6 Å². The van der Waals surface area contributed by atoms with Crippen LogP contribution in [0.3, 0.4) is 0 Å². The summed E-state index contributed by atoms with van der Waals surface area (Å²) < 4.78 is 9.74. The monoisotopic (exact) mass is 196 g/mol. The van der Waals surface area contributed by atoms with Gasteiger partial charge in [-0.25, -0.2) is 4.79 Å². The molecule has 0 aromatic carbocycles. The highest BCUT2D eigenvalue weighted by atomic mass is 35.5. The number of aliphatic carboxylic acids is 1. The van der Waals surface area contributed by atoms with Crippen LogP contribution in [-0.2, 0) is 14.3 Å². The van der Waals surface area contributed by atoms with Crippen molar-refractivity contribution < 1.29 is 19.4 Å². The van der Waals surface area contributed by atoms with E-state index < -0.39 is 11.6 Å². The predicted molar refractivity (Wildman–Crippen MR) is 44.6 cm³/mol. The molecule has 0 saturated carbocycles. The van der Waals surface area contributed by atoms with E-state index in [2.05, 4.69) is 0 Å². The lowest BCUT2D eigenvalue weighted by Crippen LogP contribution is -2.43. The van der Waals surface area contributed by atoms with E-state index in [4.69, 9.17) is 26.2 Å². The number of carboxylic acids is 1. The van der Waals surface area contributed by atoms with Crippen LogP contribution in [0.5, 0.6) is 0 Å². The van der Waals surface area contributed by atoms with Crippen LogP contribution in [0.2, 0.25) is 0 Å². The van der Waals surface area contributed by atoms with Crippen LogP contribution in [0.1, 0.15) is 6.92 Å². The van der Waals surface area contributed by atoms with Gasteiger partial charge < -0.3 is 14.6 Å². The van der Waals surface area contributed by atoms with Crippen molar-refractivity contribution in [3.8, 4) is 0 Å². The summed E-state index contributed by atoms with van der Waals surface area (Å²) in [5.74, 6) is -0.776. The number of halogens is 1. The van der Waals surface area contributed by atoms with E-state index in [9.17, 15) is 4.79 Å². The molecular weight excluding hydrogens is 184 g/mol. The quantitative estimate of drug-likeness (QED) is 0.637. The zero-order valence-electron chi connectivity index (χ0n) is 7.17. The van der Waals surface area contributed by atoms with Crippen molar-refractivity contribution >= 4 is 17.6 Å². The molecule has 0 amide bonds. The van der Waals surface area contributed by atoms with Crippen LogP contribution >= 0.6 is 11.6 Å². The van der Waals surface area contributed by atoms with Gasteiger partial charge in [-0.2, -0.15) is 0 Å². The molecule has 0 spiro atoms. The zero-order valence-corrected chi connectivity index (χ0v) is 7.93. The Bertz CT molecular complexity index is 150. The van der Waals surface area contributed by atoms with E-state index in [1.807, 2.05) is 0 Å². The van der Waals surface area contributed by atoms with E-state index >= 15 is 0 Å². The molecule has 0 aromatic rings. The molecule has 72 valence electrons. The van der Waals surface area contributed by atoms with Crippen LogP contribution in [0.15, 0.2) is 0 Å². The Kier molecular flexibility index (Phi) is 5.20. The third-order valence-corrected chi connectivity index (χ3v) is 1.52. The van der Waals surface area contributed by atoms with E-state index in [0.717, 1.165) is 0 Å². The number of ether oxygens (including phenoxy) is 2. The summed E-state index contributed by atoms with van der Waals surface area (Å²) in [6, 6.07) is 0. The van der Waals surface area contributed by atoms with E-state index in [1.54, 1.807) is 0 Å². The molecule has 5 heteroatoms. The van der Waals surface area contributed by atoms with Crippen molar-refractivity contribution in [2.24, 2.45) is 0 Å². The van der Waals surface area contributed by atoms with Crippen LogP contribution in [0, 0.1) is 0 Å². The molecule has 1 atom stereocenters. The van der Waals surface area contributed by atoms with E-state index in [0.29, 0.717) is 0 Å². The number of hydrogen-bond donors (Lipinski definition) is 1. The minimum Gasteiger partial charge on any atom is -0.479 e. The van der Waals surface area contributed by atoms with E-state index in [-0.39, 0.29) is 19.1 Å². The summed E-state index contributed by atoms with van der Waals surface area (Å²) >= 11 is 5.35. The lowest BCUT2D eigenvalue weighted by atomic mass is 10.1. The van der Waals surface area contributed by atoms with Crippen molar-refractivity contribution in [1.82, 2.24) is 0 Å². The number of hydrogen-bond acceptors (Lipinski definition) is 3. The smallest absolute Gasteiger partial charge is 0.338 e. The Morgan fingerprint density at radius 1 is 1.67 bits per heavy atom. The molecule has 0 aliphatic carbocycles. The number of carbonyl (C=O) groups is 1. The largest absolute Gasteiger partial charge is 0.479 e. The third-order valence-electron chi connectivity index (χ3n) is 1.37. The number of methoxy groups -OCH3 is 1. The van der Waals surface area contributed by atoms with Gasteiger partial charge in [0.25, 0.3) is 0 Å². The Morgan fingerprint density at radius 2 is 2.25 bits per heavy atom. The lowest BCUT2D eigenvalue weighted by Gasteiger charge is -2.23. The fraction of sp³-hybridized carbons (Fsp3) is 0.857. The molecule has 0 aromatic heterocycles. The summed E-state index contributed by atoms with van der Waals surface area (Å²) in [5.41, 5.74) is -1.29. The Hall–Kier alpha value is -0.320. The molecule has 0 bridgehead atoms. The fourth-order valence-electron chi connectivity index (χ4n) is 0.704. The maximum atomic E-state index is 10.7. The van der Waals surface area contributed by atoms with Crippen LogP contribution in [0.4, 0.5) is 0 Å². The van der Waals surface area contributed by atoms with Gasteiger partial charge in [-0.3, -0.25) is 0 Å². The number of rotatable bonds is 6. The van der Waals surface area contributed by atoms with Crippen molar-refractivity contribution in [2.45, 2.75) is 12.5 Å². The topological polar surface area (TPSA) is 55.8 Å². The second-order valence-corrected chi connectivity index (χ2v) is 2.88. The summed E-state index contributed by atoms with van der Waals surface area (Å²) in [5, 5.41) is 8.74. The summed E-state index contributed by atoms with van der Waals surface area (Å²) in [6.07, 6.45) is 0. The van der Waals surface area contributed by atoms with Crippen molar-refractivity contribution in [2.75, 3.05) is 26.2 Å². The van der Waals surface area contributed by atoms with Gasteiger partial charge in [-0.05, 0) is 6.92 Å². The molecule has 0 aliphatic heterocycles. The first-order chi connectivity index (χ1) is 5.56. The average Bonchev–Trinajstić information content (AvgIpc) is 2.01. The van der Waals surface area contributed by atoms with Gasteiger partial charge >= 0.3 is 5.97 Å². The molecule has 0 rings (SSSR count). The van der Waals surface area contributed by atoms with Crippen molar-refractivity contribution in [1.29, 1.82) is 0 Å². The molecule has 1 unspecified atom stereocenters. The van der Waals surface area contributed by atoms with Gasteiger partial charge in [0.2, 0.25) is 0 Å². The summed E-state index contributed by atoms with van der Waals surface area (Å²) in [6.45, 7) is 1.67. The van der Waals surface area contributed by atoms with Crippen LogP contribution < -0.4 is 0 Å². The molecule has 0 saturated heterocycles. The molecule has 4 nitrogen and oxygen atoms in total. The average molecular weight is 197 g/mol. The minimum atomic E-state index is -1.29. The number of alkyl halides is 1. The lowest BCUT2D eigenvalue weighted by molar-refractivity contribution is -0.169. The molecular formula is C7H13ClO4. The van der Waals surface area contributed by atoms with Crippen molar-refractivity contribution in [3.05, 3.63) is 0 Å². The highest BCUT2D eigenvalue weighted by molar-refractivity contribution is 6.17. The standard InChI is InChI=1S/C7H13ClO4/c1-7(5-11-2,6(9)10)12-4-3-8/h3-5H2,1-2H3,(H,9,10). The van der Waals surface area contributed by atoms with Gasteiger partial charge in [0.15, 0.2) is 5.60 Å². The van der Waals surface area contributed by atoms with E-state index in [1.165, 1.54) is 14.0 Å². The molecule has 0 heterocycles. The second kappa shape index (κ2) is 5.35. The molecule has 0 aliphatic rings. The third kappa shape index (κ3) is 3.38. The molecule has 12 heavy (non-hydrogen) atoms. The van der Waals surface area contributed by atoms with Crippen molar-refractivity contribution in [3.63, 3.8) is 0 Å². The maximum absolute atomic E-state index is 10.7. The molecule has 0 fully saturated rings. The second-order valence-electron chi connectivity index (χ2n) is 2.51. The SMILES string of the molecule is COCC(C)(OCCCl)C(=O)O. The van der Waals surface area contributed by atoms with Gasteiger partial charge in [0, 0.05) is 13.0 Å². The first-order valence-electron chi connectivity index (χ1n) is 3.49. The zero-order chi connectivity index (χ0) is 9.61. The summed E-state index contributed by atoms with van der Waals surface area (Å²) in [7, 11) is 1.42. The first-order valence-corrected chi connectivity index (χ1v) is 4.02. The normalized spacial score (nSPS) is 15.6.